The van der Waals surface area contributed by atoms with Gasteiger partial charge in [-0.1, -0.05) is 18.2 Å². The Balaban J connectivity index is 1.43. The van der Waals surface area contributed by atoms with Crippen LogP contribution in [-0.4, -0.2) is 52.7 Å². The number of hydrogen-bond donors (Lipinski definition) is 0. The monoisotopic (exact) mass is 440 g/mol. The van der Waals surface area contributed by atoms with Crippen LogP contribution >= 0.6 is 0 Å². The number of halogens is 3. The predicted octanol–water partition coefficient (Wildman–Crippen LogP) is 3.67. The Morgan fingerprint density at radius 1 is 0.969 bits per heavy atom. The van der Waals surface area contributed by atoms with Crippen molar-refractivity contribution in [1.82, 2.24) is 14.7 Å². The van der Waals surface area contributed by atoms with Gasteiger partial charge in [-0.2, -0.15) is 0 Å². The van der Waals surface area contributed by atoms with Crippen molar-refractivity contribution < 1.29 is 18.0 Å². The number of fused-ring (bicyclic) bond motifs is 2. The fraction of sp³-hybridized carbons (Fsp3) is 0.333. The maximum absolute atomic E-state index is 14.3. The molecule has 0 unspecified atom stereocenters. The van der Waals surface area contributed by atoms with E-state index in [1.165, 1.54) is 29.2 Å². The average molecular weight is 440 g/mol. The van der Waals surface area contributed by atoms with Crippen LogP contribution in [0.2, 0.25) is 0 Å². The Morgan fingerprint density at radius 3 is 2.62 bits per heavy atom. The third kappa shape index (κ3) is 3.90. The highest BCUT2D eigenvalue weighted by atomic mass is 19.1. The first-order valence-electron chi connectivity index (χ1n) is 10.8. The summed E-state index contributed by atoms with van der Waals surface area (Å²) >= 11 is 0. The lowest BCUT2D eigenvalue weighted by atomic mass is 9.99. The summed E-state index contributed by atoms with van der Waals surface area (Å²) < 4.78 is 41.3. The van der Waals surface area contributed by atoms with Crippen molar-refractivity contribution in [1.29, 1.82) is 0 Å². The van der Waals surface area contributed by atoms with Crippen molar-refractivity contribution in [3.8, 4) is 0 Å². The molecule has 0 N–H and O–H groups in total. The Labute approximate surface area is 184 Å². The zero-order chi connectivity index (χ0) is 22.2. The van der Waals surface area contributed by atoms with Gasteiger partial charge in [-0.25, -0.2) is 13.2 Å². The maximum Gasteiger partial charge on any atom is 0.259 e. The second-order valence-corrected chi connectivity index (χ2v) is 8.33. The molecule has 5 nitrogen and oxygen atoms in total. The highest BCUT2D eigenvalue weighted by Gasteiger charge is 2.40. The summed E-state index contributed by atoms with van der Waals surface area (Å²) in [5.74, 6) is -1.28. The third-order valence-electron chi connectivity index (χ3n) is 6.14. The topological polar surface area (TPSA) is 39.2 Å². The molecule has 2 aromatic carbocycles. The minimum absolute atomic E-state index is 0.0129. The molecule has 0 saturated carbocycles. The van der Waals surface area contributed by atoms with Gasteiger partial charge in [0.25, 0.3) is 5.91 Å². The lowest BCUT2D eigenvalue weighted by Crippen LogP contribution is -2.56. The summed E-state index contributed by atoms with van der Waals surface area (Å²) in [6, 6.07) is 9.86. The van der Waals surface area contributed by atoms with E-state index in [9.17, 15) is 18.0 Å². The summed E-state index contributed by atoms with van der Waals surface area (Å²) in [6.45, 7) is 3.05. The molecule has 0 radical (unpaired) electrons. The van der Waals surface area contributed by atoms with Gasteiger partial charge in [0.15, 0.2) is 0 Å². The van der Waals surface area contributed by atoms with Gasteiger partial charge in [0.2, 0.25) is 5.96 Å². The van der Waals surface area contributed by atoms with Crippen LogP contribution in [0.15, 0.2) is 58.7 Å². The number of carbonyl (C=O) groups excluding carboxylic acids is 1. The Kier molecular flexibility index (Phi) is 5.46. The second-order valence-electron chi connectivity index (χ2n) is 8.33. The quantitative estimate of drug-likeness (QED) is 0.729. The zero-order valence-electron chi connectivity index (χ0n) is 17.5. The molecule has 0 aromatic heterocycles. The molecule has 1 amide bonds. The summed E-state index contributed by atoms with van der Waals surface area (Å²) in [7, 11) is 0. The molecule has 3 aliphatic rings. The molecular weight excluding hydrogens is 417 g/mol. The third-order valence-corrected chi connectivity index (χ3v) is 6.14. The minimum atomic E-state index is -0.683. The van der Waals surface area contributed by atoms with E-state index in [4.69, 9.17) is 0 Å². The minimum Gasteiger partial charge on any atom is -0.315 e. The van der Waals surface area contributed by atoms with Gasteiger partial charge in [-0.15, -0.1) is 0 Å². The molecule has 8 heteroatoms. The van der Waals surface area contributed by atoms with E-state index >= 15 is 0 Å². The molecule has 3 aliphatic heterocycles. The summed E-state index contributed by atoms with van der Waals surface area (Å²) in [6.07, 6.45) is 1.56. The van der Waals surface area contributed by atoms with Crippen LogP contribution in [0.25, 0.3) is 0 Å². The molecule has 0 spiro atoms. The molecule has 0 saturated heterocycles. The standard InChI is InChI=1S/C24H23F3N4O/c25-18-4-1-3-16(11-18)13-29-10-7-22-20(15-29)23(32)31(24-28-8-2-9-30(22)24)14-17-5-6-19(26)12-21(17)27/h1,3-6,11-12H,2,7-10,13-15H2. The number of carbonyl (C=O) groups is 1. The number of rotatable bonds is 4. The van der Waals surface area contributed by atoms with Crippen molar-refractivity contribution in [2.45, 2.75) is 25.9 Å². The van der Waals surface area contributed by atoms with Crippen LogP contribution in [0.4, 0.5) is 13.2 Å². The first-order valence-corrected chi connectivity index (χ1v) is 10.8. The van der Waals surface area contributed by atoms with E-state index in [0.717, 1.165) is 36.8 Å². The molecule has 5 rings (SSSR count). The molecule has 0 aliphatic carbocycles. The Morgan fingerprint density at radius 2 is 1.81 bits per heavy atom. The molecule has 3 heterocycles. The lowest BCUT2D eigenvalue weighted by Gasteiger charge is -2.45. The Hall–Kier alpha value is -3.13. The first kappa shape index (κ1) is 20.8. The molecule has 0 fully saturated rings. The van der Waals surface area contributed by atoms with Crippen molar-refractivity contribution in [2.75, 3.05) is 26.2 Å². The van der Waals surface area contributed by atoms with Crippen molar-refractivity contribution in [2.24, 2.45) is 4.99 Å². The van der Waals surface area contributed by atoms with E-state index in [0.29, 0.717) is 37.6 Å². The maximum atomic E-state index is 14.3. The number of benzene rings is 2. The van der Waals surface area contributed by atoms with Crippen molar-refractivity contribution in [3.05, 3.63) is 82.3 Å². The van der Waals surface area contributed by atoms with Crippen LogP contribution in [0, 0.1) is 17.5 Å². The van der Waals surface area contributed by atoms with Gasteiger partial charge in [-0.05, 0) is 30.2 Å². The SMILES string of the molecule is O=C1C2=C(CCN(Cc3cccc(F)c3)C2)N2CCCN=C2N1Cc1ccc(F)cc1F. The fourth-order valence-electron chi connectivity index (χ4n) is 4.62. The van der Waals surface area contributed by atoms with E-state index in [2.05, 4.69) is 14.8 Å². The van der Waals surface area contributed by atoms with Gasteiger partial charge in [0, 0.05) is 56.5 Å². The van der Waals surface area contributed by atoms with Gasteiger partial charge in [0.05, 0.1) is 12.1 Å². The number of aliphatic imine (C=N–C) groups is 1. The Bertz CT molecular complexity index is 1130. The van der Waals surface area contributed by atoms with Crippen LogP contribution < -0.4 is 0 Å². The molecule has 0 bridgehead atoms. The number of nitrogens with zero attached hydrogens (tertiary/aromatic N) is 4. The molecular formula is C24H23F3N4O. The predicted molar refractivity (Wildman–Crippen MR) is 114 cm³/mol. The molecule has 32 heavy (non-hydrogen) atoms. The van der Waals surface area contributed by atoms with Gasteiger partial charge in [-0.3, -0.25) is 19.6 Å². The van der Waals surface area contributed by atoms with Gasteiger partial charge < -0.3 is 4.90 Å². The molecule has 0 atom stereocenters. The van der Waals surface area contributed by atoms with Gasteiger partial charge in [0.1, 0.15) is 17.5 Å². The van der Waals surface area contributed by atoms with E-state index in [-0.39, 0.29) is 23.8 Å². The molecule has 166 valence electrons. The number of hydrogen-bond acceptors (Lipinski definition) is 4. The fourth-order valence-corrected chi connectivity index (χ4v) is 4.62. The number of amides is 1. The van der Waals surface area contributed by atoms with Gasteiger partial charge >= 0.3 is 0 Å². The van der Waals surface area contributed by atoms with Crippen LogP contribution in [0.1, 0.15) is 24.0 Å². The van der Waals surface area contributed by atoms with Crippen molar-refractivity contribution in [3.63, 3.8) is 0 Å². The normalized spacial score (nSPS) is 19.1. The first-order chi connectivity index (χ1) is 15.5. The average Bonchev–Trinajstić information content (AvgIpc) is 2.78. The second kappa shape index (κ2) is 8.43. The zero-order valence-corrected chi connectivity index (χ0v) is 17.5. The summed E-state index contributed by atoms with van der Waals surface area (Å²) in [4.78, 5) is 23.8. The number of guanidine groups is 1. The summed E-state index contributed by atoms with van der Waals surface area (Å²) in [5.41, 5.74) is 2.73. The smallest absolute Gasteiger partial charge is 0.259 e. The molecule has 2 aromatic rings. The van der Waals surface area contributed by atoms with Crippen molar-refractivity contribution >= 4 is 11.9 Å². The van der Waals surface area contributed by atoms with Crippen LogP contribution in [0.3, 0.4) is 0 Å². The van der Waals surface area contributed by atoms with Crippen LogP contribution in [-0.2, 0) is 17.9 Å². The van der Waals surface area contributed by atoms with E-state index < -0.39 is 11.6 Å². The van der Waals surface area contributed by atoms with E-state index in [1.807, 2.05) is 6.07 Å². The van der Waals surface area contributed by atoms with Crippen LogP contribution in [0.5, 0.6) is 0 Å². The highest BCUT2D eigenvalue weighted by Crippen LogP contribution is 2.32. The lowest BCUT2D eigenvalue weighted by molar-refractivity contribution is -0.125. The van der Waals surface area contributed by atoms with E-state index in [1.54, 1.807) is 6.07 Å². The summed E-state index contributed by atoms with van der Waals surface area (Å²) in [5, 5.41) is 0. The highest BCUT2D eigenvalue weighted by molar-refractivity contribution is 6.09. The largest absolute Gasteiger partial charge is 0.315 e.